The predicted octanol–water partition coefficient (Wildman–Crippen LogP) is 6.03. The van der Waals surface area contributed by atoms with Crippen LogP contribution in [-0.4, -0.2) is 21.9 Å². The van der Waals surface area contributed by atoms with Gasteiger partial charge < -0.3 is 10.2 Å². The van der Waals surface area contributed by atoms with Gasteiger partial charge in [-0.1, -0.05) is 43.6 Å². The molecule has 0 unspecified atom stereocenters. The third-order valence-electron chi connectivity index (χ3n) is 9.64. The quantitative estimate of drug-likeness (QED) is 0.581. The average molecular weight is 387 g/mol. The Morgan fingerprint density at radius 1 is 1.21 bits per heavy atom. The summed E-state index contributed by atoms with van der Waals surface area (Å²) in [6.45, 7) is 11.1. The van der Waals surface area contributed by atoms with Crippen molar-refractivity contribution in [2.24, 2.45) is 34.5 Å². The largest absolute Gasteiger partial charge is 0.393 e. The van der Waals surface area contributed by atoms with Gasteiger partial charge in [-0.2, -0.15) is 0 Å². The second-order valence-corrected chi connectivity index (χ2v) is 11.6. The van der Waals surface area contributed by atoms with E-state index >= 15 is 0 Å². The van der Waals surface area contributed by atoms with Gasteiger partial charge in [0.2, 0.25) is 0 Å². The van der Waals surface area contributed by atoms with Crippen LogP contribution in [-0.2, 0) is 0 Å². The summed E-state index contributed by atoms with van der Waals surface area (Å²) in [4.78, 5) is 0. The van der Waals surface area contributed by atoms with Gasteiger partial charge >= 0.3 is 0 Å². The highest BCUT2D eigenvalue weighted by molar-refractivity contribution is 5.25. The van der Waals surface area contributed by atoms with Crippen molar-refractivity contribution in [2.75, 3.05) is 0 Å². The lowest BCUT2D eigenvalue weighted by atomic mass is 9.47. The molecule has 0 aliphatic heterocycles. The van der Waals surface area contributed by atoms with Crippen molar-refractivity contribution in [2.45, 2.75) is 104 Å². The van der Waals surface area contributed by atoms with Crippen LogP contribution in [0.25, 0.3) is 0 Å². The normalized spacial score (nSPS) is 47.2. The number of aliphatic hydroxyl groups is 2. The molecule has 4 rings (SSSR count). The van der Waals surface area contributed by atoms with E-state index < -0.39 is 5.60 Å². The minimum atomic E-state index is -0.836. The summed E-state index contributed by atoms with van der Waals surface area (Å²) in [6, 6.07) is 0. The standard InChI is InChI=1S/C26H42O2/c1-17(2)11-15-26(5,28)23-22(27)16-21-19-10-9-18-8-6-7-13-24(18,3)20(19)12-14-25(21,23)4/h9,11,19-23,27-28H,6-8,10,12-16H2,1-5H3/t19-,20+,21+,22+,23+,24+,25+,26-/m1/s1. The summed E-state index contributed by atoms with van der Waals surface area (Å²) in [5.74, 6) is 1.98. The molecule has 0 bridgehead atoms. The van der Waals surface area contributed by atoms with Crippen LogP contribution in [0.3, 0.4) is 0 Å². The Bertz CT molecular complexity index is 670. The smallest absolute Gasteiger partial charge is 0.0712 e. The molecule has 0 radical (unpaired) electrons. The van der Waals surface area contributed by atoms with Crippen molar-refractivity contribution >= 4 is 0 Å². The SMILES string of the molecule is CC(C)=CC[C@@](C)(O)[C@H]1[C@@H](O)C[C@H]2[C@@H]3CC=C4CCCC[C@]4(C)[C@H]3CC[C@@]21C. The molecule has 3 fully saturated rings. The first kappa shape index (κ1) is 20.7. The summed E-state index contributed by atoms with van der Waals surface area (Å²) in [6.07, 6.45) is 14.9. The molecule has 0 amide bonds. The number of aliphatic hydroxyl groups excluding tert-OH is 1. The van der Waals surface area contributed by atoms with Crippen LogP contribution in [0.4, 0.5) is 0 Å². The van der Waals surface area contributed by atoms with Crippen molar-refractivity contribution in [1.82, 2.24) is 0 Å². The number of hydrogen-bond donors (Lipinski definition) is 2. The number of allylic oxidation sites excluding steroid dienone is 3. The van der Waals surface area contributed by atoms with Gasteiger partial charge in [0.05, 0.1) is 11.7 Å². The number of hydrogen-bond acceptors (Lipinski definition) is 2. The lowest BCUT2D eigenvalue weighted by Gasteiger charge is -2.58. The Hall–Kier alpha value is -0.600. The Morgan fingerprint density at radius 3 is 2.68 bits per heavy atom. The lowest BCUT2D eigenvalue weighted by Crippen LogP contribution is -2.53. The van der Waals surface area contributed by atoms with E-state index in [0.29, 0.717) is 23.7 Å². The molecule has 4 aliphatic rings. The zero-order valence-corrected chi connectivity index (χ0v) is 18.8. The molecular weight excluding hydrogens is 344 g/mol. The molecule has 3 saturated carbocycles. The third kappa shape index (κ3) is 3.05. The van der Waals surface area contributed by atoms with Crippen LogP contribution in [0.15, 0.2) is 23.3 Å². The summed E-state index contributed by atoms with van der Waals surface area (Å²) in [5.41, 5.74) is 2.60. The maximum absolute atomic E-state index is 11.5. The Kier molecular flexibility index (Phi) is 5.15. The van der Waals surface area contributed by atoms with Crippen molar-refractivity contribution in [3.05, 3.63) is 23.3 Å². The molecule has 0 aromatic carbocycles. The molecule has 0 spiro atoms. The zero-order chi connectivity index (χ0) is 20.3. The fourth-order valence-electron chi connectivity index (χ4n) is 8.37. The first-order valence-corrected chi connectivity index (χ1v) is 11.8. The fourth-order valence-corrected chi connectivity index (χ4v) is 8.37. The second kappa shape index (κ2) is 6.98. The highest BCUT2D eigenvalue weighted by Crippen LogP contribution is 2.67. The average Bonchev–Trinajstić information content (AvgIpc) is 2.90. The minimum Gasteiger partial charge on any atom is -0.393 e. The Morgan fingerprint density at radius 2 is 1.96 bits per heavy atom. The van der Waals surface area contributed by atoms with Crippen LogP contribution in [0.5, 0.6) is 0 Å². The molecule has 4 aliphatic carbocycles. The molecule has 2 nitrogen and oxygen atoms in total. The van der Waals surface area contributed by atoms with Crippen LogP contribution in [0.2, 0.25) is 0 Å². The maximum Gasteiger partial charge on any atom is 0.0712 e. The van der Waals surface area contributed by atoms with E-state index in [2.05, 4.69) is 39.8 Å². The molecule has 0 heterocycles. The molecule has 8 atom stereocenters. The summed E-state index contributed by atoms with van der Waals surface area (Å²) in [5, 5.41) is 22.6. The predicted molar refractivity (Wildman–Crippen MR) is 116 cm³/mol. The first-order valence-electron chi connectivity index (χ1n) is 11.8. The van der Waals surface area contributed by atoms with Crippen LogP contribution in [0, 0.1) is 34.5 Å². The molecule has 158 valence electrons. The van der Waals surface area contributed by atoms with Crippen LogP contribution in [0.1, 0.15) is 92.4 Å². The van der Waals surface area contributed by atoms with Crippen LogP contribution < -0.4 is 0 Å². The van der Waals surface area contributed by atoms with Gasteiger partial charge in [0.1, 0.15) is 0 Å². The molecule has 0 aromatic heterocycles. The van der Waals surface area contributed by atoms with E-state index in [0.717, 1.165) is 18.8 Å². The number of fused-ring (bicyclic) bond motifs is 5. The first-order chi connectivity index (χ1) is 13.1. The van der Waals surface area contributed by atoms with E-state index in [-0.39, 0.29) is 17.4 Å². The minimum absolute atomic E-state index is 0.0221. The van der Waals surface area contributed by atoms with Gasteiger partial charge in [-0.05, 0) is 101 Å². The van der Waals surface area contributed by atoms with Crippen molar-refractivity contribution in [3.63, 3.8) is 0 Å². The van der Waals surface area contributed by atoms with E-state index in [1.54, 1.807) is 5.57 Å². The highest BCUT2D eigenvalue weighted by Gasteiger charge is 2.63. The van der Waals surface area contributed by atoms with Crippen molar-refractivity contribution < 1.29 is 10.2 Å². The van der Waals surface area contributed by atoms with Gasteiger partial charge in [0.15, 0.2) is 0 Å². The zero-order valence-electron chi connectivity index (χ0n) is 18.8. The van der Waals surface area contributed by atoms with Crippen LogP contribution >= 0.6 is 0 Å². The highest BCUT2D eigenvalue weighted by atomic mass is 16.3. The molecule has 2 heteroatoms. The van der Waals surface area contributed by atoms with E-state index in [1.165, 1.54) is 44.1 Å². The second-order valence-electron chi connectivity index (χ2n) is 11.6. The summed E-state index contributed by atoms with van der Waals surface area (Å²) in [7, 11) is 0. The molecule has 0 aromatic rings. The topological polar surface area (TPSA) is 40.5 Å². The maximum atomic E-state index is 11.5. The van der Waals surface area contributed by atoms with Gasteiger partial charge in [0, 0.05) is 5.92 Å². The molecule has 0 saturated heterocycles. The van der Waals surface area contributed by atoms with E-state index in [4.69, 9.17) is 0 Å². The summed E-state index contributed by atoms with van der Waals surface area (Å²) >= 11 is 0. The van der Waals surface area contributed by atoms with Gasteiger partial charge in [-0.3, -0.25) is 0 Å². The summed E-state index contributed by atoms with van der Waals surface area (Å²) < 4.78 is 0. The molecule has 28 heavy (non-hydrogen) atoms. The lowest BCUT2D eigenvalue weighted by molar-refractivity contribution is -0.117. The van der Waals surface area contributed by atoms with Gasteiger partial charge in [-0.25, -0.2) is 0 Å². The Balaban J connectivity index is 1.64. The number of rotatable bonds is 3. The van der Waals surface area contributed by atoms with Gasteiger partial charge in [0.25, 0.3) is 0 Å². The Labute approximate surface area is 172 Å². The van der Waals surface area contributed by atoms with Crippen molar-refractivity contribution in [3.8, 4) is 0 Å². The molecular formula is C26H42O2. The van der Waals surface area contributed by atoms with E-state index in [1.807, 2.05) is 6.92 Å². The fraction of sp³-hybridized carbons (Fsp3) is 0.846. The van der Waals surface area contributed by atoms with Gasteiger partial charge in [-0.15, -0.1) is 0 Å². The molecule has 2 N–H and O–H groups in total. The van der Waals surface area contributed by atoms with Crippen molar-refractivity contribution in [1.29, 1.82) is 0 Å². The monoisotopic (exact) mass is 386 g/mol. The third-order valence-corrected chi connectivity index (χ3v) is 9.64. The van der Waals surface area contributed by atoms with E-state index in [9.17, 15) is 10.2 Å².